The molecule has 6 nitrogen and oxygen atoms in total. The minimum absolute atomic E-state index is 0.0262. The molecule has 1 rings (SSSR count). The number of alkyl carbamates (subject to hydrolysis) is 1. The first-order chi connectivity index (χ1) is 11.3. The fourth-order valence-corrected chi connectivity index (χ4v) is 1.56. The van der Waals surface area contributed by atoms with Crippen LogP contribution in [0.4, 0.5) is 13.6 Å². The molecule has 0 fully saturated rings. The first-order valence-electron chi connectivity index (χ1n) is 7.02. The van der Waals surface area contributed by atoms with Crippen molar-refractivity contribution in [2.24, 2.45) is 0 Å². The van der Waals surface area contributed by atoms with Crippen molar-refractivity contribution >= 4 is 17.8 Å². The van der Waals surface area contributed by atoms with Gasteiger partial charge in [0.25, 0.3) is 0 Å². The molecule has 0 aliphatic carbocycles. The van der Waals surface area contributed by atoms with Gasteiger partial charge in [0.2, 0.25) is 0 Å². The second-order valence-electron chi connectivity index (χ2n) is 4.78. The van der Waals surface area contributed by atoms with Crippen molar-refractivity contribution < 1.29 is 32.6 Å². The standard InChI is InChI=1S/C16H17F2NO5/c1-10(2)15(21)23-8-6-19-16(22)24-7-5-14(20)12-4-3-11(17)9-13(12)18/h3-4,9H,1,5-8H2,2H3,(H,19,22). The largest absolute Gasteiger partial charge is 0.460 e. The summed E-state index contributed by atoms with van der Waals surface area (Å²) in [6, 6.07) is 2.60. The van der Waals surface area contributed by atoms with Gasteiger partial charge in [0.15, 0.2) is 5.78 Å². The first kappa shape index (κ1) is 19.3. The topological polar surface area (TPSA) is 81.7 Å². The van der Waals surface area contributed by atoms with Crippen LogP contribution < -0.4 is 5.32 Å². The predicted molar refractivity (Wildman–Crippen MR) is 80.4 cm³/mol. The van der Waals surface area contributed by atoms with Crippen molar-refractivity contribution in [2.75, 3.05) is 19.8 Å². The Morgan fingerprint density at radius 1 is 1.17 bits per heavy atom. The molecule has 0 aliphatic heterocycles. The zero-order chi connectivity index (χ0) is 18.1. The molecule has 1 aromatic rings. The summed E-state index contributed by atoms with van der Waals surface area (Å²) in [5.74, 6) is -2.94. The third-order valence-electron chi connectivity index (χ3n) is 2.75. The Morgan fingerprint density at radius 3 is 2.50 bits per heavy atom. The van der Waals surface area contributed by atoms with E-state index < -0.39 is 29.5 Å². The number of Topliss-reactive ketones (excluding diaryl/α,β-unsaturated/α-hetero) is 1. The zero-order valence-electron chi connectivity index (χ0n) is 13.1. The summed E-state index contributed by atoms with van der Waals surface area (Å²) in [5.41, 5.74) is -0.0313. The van der Waals surface area contributed by atoms with Gasteiger partial charge in [-0.15, -0.1) is 0 Å². The van der Waals surface area contributed by atoms with Crippen molar-refractivity contribution in [1.29, 1.82) is 0 Å². The van der Waals surface area contributed by atoms with E-state index in [1.54, 1.807) is 0 Å². The lowest BCUT2D eigenvalue weighted by Gasteiger charge is -2.08. The molecule has 1 aromatic carbocycles. The number of hydrogen-bond acceptors (Lipinski definition) is 5. The Labute approximate surface area is 137 Å². The predicted octanol–water partition coefficient (Wildman–Crippen LogP) is 2.38. The molecule has 1 N–H and O–H groups in total. The molecule has 1 amide bonds. The fraction of sp³-hybridized carbons (Fsp3) is 0.312. The van der Waals surface area contributed by atoms with E-state index in [-0.39, 0.29) is 37.3 Å². The molecule has 0 aromatic heterocycles. The number of amides is 1. The van der Waals surface area contributed by atoms with E-state index in [4.69, 9.17) is 9.47 Å². The van der Waals surface area contributed by atoms with Gasteiger partial charge in [-0.05, 0) is 19.1 Å². The quantitative estimate of drug-likeness (QED) is 0.340. The average Bonchev–Trinajstić information content (AvgIpc) is 2.51. The third kappa shape index (κ3) is 6.55. The lowest BCUT2D eigenvalue weighted by atomic mass is 10.1. The molecule has 0 aliphatic rings. The number of ketones is 1. The monoisotopic (exact) mass is 341 g/mol. The van der Waals surface area contributed by atoms with Crippen molar-refractivity contribution in [3.8, 4) is 0 Å². The highest BCUT2D eigenvalue weighted by Gasteiger charge is 2.13. The maximum Gasteiger partial charge on any atom is 0.407 e. The number of benzene rings is 1. The van der Waals surface area contributed by atoms with Gasteiger partial charge >= 0.3 is 12.1 Å². The van der Waals surface area contributed by atoms with E-state index in [2.05, 4.69) is 11.9 Å². The van der Waals surface area contributed by atoms with Gasteiger partial charge in [-0.3, -0.25) is 4.79 Å². The Balaban J connectivity index is 2.24. The molecule has 8 heteroatoms. The van der Waals surface area contributed by atoms with E-state index in [1.165, 1.54) is 6.92 Å². The van der Waals surface area contributed by atoms with Crippen LogP contribution in [0.15, 0.2) is 30.4 Å². The molecule has 0 atom stereocenters. The number of halogens is 2. The van der Waals surface area contributed by atoms with E-state index in [1.807, 2.05) is 0 Å². The molecular formula is C16H17F2NO5. The van der Waals surface area contributed by atoms with Crippen LogP contribution in [0.2, 0.25) is 0 Å². The third-order valence-corrected chi connectivity index (χ3v) is 2.75. The van der Waals surface area contributed by atoms with E-state index in [0.717, 1.165) is 12.1 Å². The van der Waals surface area contributed by atoms with Crippen LogP contribution in [-0.2, 0) is 14.3 Å². The summed E-state index contributed by atoms with van der Waals surface area (Å²) >= 11 is 0. The van der Waals surface area contributed by atoms with Gasteiger partial charge in [-0.25, -0.2) is 18.4 Å². The van der Waals surface area contributed by atoms with Gasteiger partial charge in [0.05, 0.1) is 12.1 Å². The molecule has 24 heavy (non-hydrogen) atoms. The summed E-state index contributed by atoms with van der Waals surface area (Å²) in [6.07, 6.45) is -1.06. The maximum absolute atomic E-state index is 13.4. The minimum Gasteiger partial charge on any atom is -0.460 e. The molecule has 0 heterocycles. The minimum atomic E-state index is -0.969. The second-order valence-corrected chi connectivity index (χ2v) is 4.78. The molecule has 0 saturated heterocycles. The molecule has 0 saturated carbocycles. The Bertz CT molecular complexity index is 645. The second kappa shape index (κ2) is 9.39. The zero-order valence-corrected chi connectivity index (χ0v) is 13.1. The van der Waals surface area contributed by atoms with E-state index in [9.17, 15) is 23.2 Å². The SMILES string of the molecule is C=C(C)C(=O)OCCNC(=O)OCCC(=O)c1ccc(F)cc1F. The highest BCUT2D eigenvalue weighted by molar-refractivity contribution is 5.96. The van der Waals surface area contributed by atoms with Gasteiger partial charge in [0, 0.05) is 18.1 Å². The normalized spacial score (nSPS) is 9.96. The number of carbonyl (C=O) groups excluding carboxylic acids is 3. The highest BCUT2D eigenvalue weighted by Crippen LogP contribution is 2.11. The number of hydrogen-bond donors (Lipinski definition) is 1. The van der Waals surface area contributed by atoms with Crippen LogP contribution in [0.5, 0.6) is 0 Å². The molecule has 0 bridgehead atoms. The number of carbonyl (C=O) groups is 3. The molecule has 0 unspecified atom stereocenters. The molecule has 0 radical (unpaired) electrons. The van der Waals surface area contributed by atoms with Gasteiger partial charge in [-0.2, -0.15) is 0 Å². The van der Waals surface area contributed by atoms with Crippen molar-refractivity contribution in [3.63, 3.8) is 0 Å². The van der Waals surface area contributed by atoms with E-state index >= 15 is 0 Å². The molecule has 0 spiro atoms. The number of nitrogens with one attached hydrogen (secondary N) is 1. The summed E-state index contributed by atoms with van der Waals surface area (Å²) in [4.78, 5) is 34.1. The van der Waals surface area contributed by atoms with Crippen LogP contribution in [0.3, 0.4) is 0 Å². The smallest absolute Gasteiger partial charge is 0.407 e. The van der Waals surface area contributed by atoms with Crippen LogP contribution in [0, 0.1) is 11.6 Å². The summed E-state index contributed by atoms with van der Waals surface area (Å²) in [5, 5.41) is 2.31. The Hall–Kier alpha value is -2.77. The summed E-state index contributed by atoms with van der Waals surface area (Å²) in [6.45, 7) is 4.59. The van der Waals surface area contributed by atoms with Crippen molar-refractivity contribution in [2.45, 2.75) is 13.3 Å². The van der Waals surface area contributed by atoms with Crippen LogP contribution >= 0.6 is 0 Å². The number of rotatable bonds is 8. The van der Waals surface area contributed by atoms with Gasteiger partial charge in [0.1, 0.15) is 24.8 Å². The summed E-state index contributed by atoms with van der Waals surface area (Å²) in [7, 11) is 0. The number of esters is 1. The summed E-state index contributed by atoms with van der Waals surface area (Å²) < 4.78 is 35.6. The van der Waals surface area contributed by atoms with E-state index in [0.29, 0.717) is 6.07 Å². The lowest BCUT2D eigenvalue weighted by Crippen LogP contribution is -2.29. The molecule has 130 valence electrons. The van der Waals surface area contributed by atoms with Crippen LogP contribution in [0.25, 0.3) is 0 Å². The van der Waals surface area contributed by atoms with Crippen molar-refractivity contribution in [3.05, 3.63) is 47.5 Å². The average molecular weight is 341 g/mol. The molecular weight excluding hydrogens is 324 g/mol. The fourth-order valence-electron chi connectivity index (χ4n) is 1.56. The Kier molecular flexibility index (Phi) is 7.54. The van der Waals surface area contributed by atoms with Crippen molar-refractivity contribution in [1.82, 2.24) is 5.32 Å². The highest BCUT2D eigenvalue weighted by atomic mass is 19.1. The van der Waals surface area contributed by atoms with Crippen LogP contribution in [0.1, 0.15) is 23.7 Å². The van der Waals surface area contributed by atoms with Gasteiger partial charge in [-0.1, -0.05) is 6.58 Å². The first-order valence-corrected chi connectivity index (χ1v) is 7.02. The number of ether oxygens (including phenoxy) is 2. The van der Waals surface area contributed by atoms with Gasteiger partial charge < -0.3 is 14.8 Å². The maximum atomic E-state index is 13.4. The Morgan fingerprint density at radius 2 is 1.88 bits per heavy atom. The van der Waals surface area contributed by atoms with Crippen LogP contribution in [-0.4, -0.2) is 37.6 Å². The lowest BCUT2D eigenvalue weighted by molar-refractivity contribution is -0.138.